The third-order valence-corrected chi connectivity index (χ3v) is 6.57. The van der Waals surface area contributed by atoms with E-state index in [0.717, 1.165) is 18.4 Å². The van der Waals surface area contributed by atoms with E-state index in [0.29, 0.717) is 24.4 Å². The van der Waals surface area contributed by atoms with Gasteiger partial charge in [0.1, 0.15) is 20.6 Å². The summed E-state index contributed by atoms with van der Waals surface area (Å²) in [7, 11) is -2.26. The third-order valence-electron chi connectivity index (χ3n) is 5.04. The molecule has 9 heteroatoms. The van der Waals surface area contributed by atoms with Crippen LogP contribution in [0.2, 0.25) is 0 Å². The molecule has 3 aromatic rings. The van der Waals surface area contributed by atoms with E-state index in [4.69, 9.17) is 14.3 Å². The number of para-hydroxylation sites is 1. The van der Waals surface area contributed by atoms with Gasteiger partial charge in [-0.15, -0.1) is 0 Å². The molecule has 1 heterocycles. The Hall–Kier alpha value is -3.43. The van der Waals surface area contributed by atoms with Crippen LogP contribution in [0, 0.1) is 4.78 Å². The van der Waals surface area contributed by atoms with Crippen LogP contribution in [0.4, 0.5) is 5.69 Å². The molecule has 0 saturated heterocycles. The van der Waals surface area contributed by atoms with Crippen molar-refractivity contribution in [2.75, 3.05) is 25.5 Å². The molecule has 34 heavy (non-hydrogen) atoms. The Morgan fingerprint density at radius 3 is 2.59 bits per heavy atom. The van der Waals surface area contributed by atoms with Crippen molar-refractivity contribution >= 4 is 21.6 Å². The number of nitrogens with one attached hydrogen (secondary N) is 3. The zero-order chi connectivity index (χ0) is 24.4. The maximum Gasteiger partial charge on any atom is 0.337 e. The Morgan fingerprint density at radius 2 is 1.91 bits per heavy atom. The summed E-state index contributed by atoms with van der Waals surface area (Å²) in [6.07, 6.45) is 5.81. The Bertz CT molecular complexity index is 1190. The lowest BCUT2D eigenvalue weighted by molar-refractivity contribution is 0.0600. The summed E-state index contributed by atoms with van der Waals surface area (Å²) < 4.78 is 36.2. The van der Waals surface area contributed by atoms with Crippen molar-refractivity contribution in [3.05, 3.63) is 78.1 Å². The number of hydrogen-bond acceptors (Lipinski definition) is 7. The van der Waals surface area contributed by atoms with Crippen molar-refractivity contribution in [3.8, 4) is 11.5 Å². The highest BCUT2D eigenvalue weighted by molar-refractivity contribution is 7.90. The molecule has 1 atom stereocenters. The lowest BCUT2D eigenvalue weighted by Crippen LogP contribution is -2.26. The molecule has 0 spiro atoms. The molecule has 1 unspecified atom stereocenters. The van der Waals surface area contributed by atoms with Crippen molar-refractivity contribution < 1.29 is 18.5 Å². The molecule has 0 aliphatic rings. The summed E-state index contributed by atoms with van der Waals surface area (Å²) >= 11 is 0. The van der Waals surface area contributed by atoms with Crippen LogP contribution in [-0.2, 0) is 21.1 Å². The van der Waals surface area contributed by atoms with Crippen molar-refractivity contribution in [1.29, 1.82) is 4.78 Å². The number of esters is 1. The lowest BCUT2D eigenvalue weighted by atomic mass is 10.1. The van der Waals surface area contributed by atoms with Crippen molar-refractivity contribution in [3.63, 3.8) is 0 Å². The largest absolute Gasteiger partial charge is 0.465 e. The van der Waals surface area contributed by atoms with E-state index >= 15 is 0 Å². The Morgan fingerprint density at radius 1 is 1.12 bits per heavy atom. The van der Waals surface area contributed by atoms with Crippen LogP contribution in [0.3, 0.4) is 0 Å². The van der Waals surface area contributed by atoms with Gasteiger partial charge in [0.05, 0.1) is 18.4 Å². The molecule has 0 radical (unpaired) electrons. The molecule has 180 valence electrons. The lowest BCUT2D eigenvalue weighted by Gasteiger charge is -2.20. The first-order valence-electron chi connectivity index (χ1n) is 11.1. The van der Waals surface area contributed by atoms with Gasteiger partial charge in [0.15, 0.2) is 5.75 Å². The van der Waals surface area contributed by atoms with E-state index in [1.54, 1.807) is 30.6 Å². The summed E-state index contributed by atoms with van der Waals surface area (Å²) in [5.74, 6) is 0.180. The van der Waals surface area contributed by atoms with Crippen LogP contribution >= 0.6 is 0 Å². The number of benzene rings is 2. The number of methoxy groups -OCH3 is 1. The molecule has 0 fully saturated rings. The average molecular weight is 483 g/mol. The minimum absolute atomic E-state index is 0.0736. The molecule has 0 aliphatic carbocycles. The summed E-state index contributed by atoms with van der Waals surface area (Å²) in [4.78, 5) is 16.5. The SMILES string of the molecule is CCCCNc1cc(C(=O)OC)cc(S(=N)(=O)NCCc2cccnc2)c1Oc1ccccc1. The summed E-state index contributed by atoms with van der Waals surface area (Å²) in [5.41, 5.74) is 1.62. The smallest absolute Gasteiger partial charge is 0.337 e. The van der Waals surface area contributed by atoms with E-state index in [9.17, 15) is 9.00 Å². The van der Waals surface area contributed by atoms with Crippen LogP contribution < -0.4 is 14.8 Å². The number of nitrogens with zero attached hydrogens (tertiary/aromatic N) is 1. The summed E-state index contributed by atoms with van der Waals surface area (Å²) in [6, 6.07) is 15.8. The fraction of sp³-hybridized carbons (Fsp3) is 0.280. The first-order valence-corrected chi connectivity index (χ1v) is 12.7. The van der Waals surface area contributed by atoms with Crippen molar-refractivity contribution in [2.45, 2.75) is 31.1 Å². The number of ether oxygens (including phenoxy) is 2. The Labute approximate surface area is 200 Å². The van der Waals surface area contributed by atoms with E-state index in [1.807, 2.05) is 30.3 Å². The third kappa shape index (κ3) is 6.79. The van der Waals surface area contributed by atoms with E-state index < -0.39 is 15.9 Å². The topological polar surface area (TPSA) is 113 Å². The van der Waals surface area contributed by atoms with Crippen LogP contribution in [0.5, 0.6) is 11.5 Å². The minimum atomic E-state index is -3.54. The summed E-state index contributed by atoms with van der Waals surface area (Å²) in [5, 5.41) is 3.27. The molecule has 0 bridgehead atoms. The van der Waals surface area contributed by atoms with Gasteiger partial charge in [-0.05, 0) is 48.7 Å². The van der Waals surface area contributed by atoms with Gasteiger partial charge in [-0.1, -0.05) is 37.6 Å². The highest BCUT2D eigenvalue weighted by Gasteiger charge is 2.24. The first-order chi connectivity index (χ1) is 16.4. The van der Waals surface area contributed by atoms with Crippen molar-refractivity contribution in [2.24, 2.45) is 0 Å². The molecule has 0 aliphatic heterocycles. The maximum absolute atomic E-state index is 13.6. The molecule has 0 amide bonds. The second-order valence-electron chi connectivity index (χ2n) is 7.60. The fourth-order valence-corrected chi connectivity index (χ4v) is 4.51. The average Bonchev–Trinajstić information content (AvgIpc) is 2.85. The standard InChI is InChI=1S/C25H30N4O4S/c1-3-4-14-28-22-16-20(25(30)32-2)17-23(24(22)33-21-10-6-5-7-11-21)34(26,31)29-15-12-19-9-8-13-27-18-19/h5-11,13,16-18,28H,3-4,12,14-15H2,1-2H3,(H2,26,29,31). The highest BCUT2D eigenvalue weighted by atomic mass is 32.2. The molecular weight excluding hydrogens is 452 g/mol. The van der Waals surface area contributed by atoms with Crippen molar-refractivity contribution in [1.82, 2.24) is 9.71 Å². The number of unbranched alkanes of at least 4 members (excludes halogenated alkanes) is 1. The molecule has 2 aromatic carbocycles. The van der Waals surface area contributed by atoms with Crippen LogP contribution in [-0.4, -0.2) is 35.4 Å². The number of pyridine rings is 1. The predicted octanol–water partition coefficient (Wildman–Crippen LogP) is 5.03. The zero-order valence-corrected chi connectivity index (χ0v) is 20.2. The van der Waals surface area contributed by atoms with Gasteiger partial charge >= 0.3 is 5.97 Å². The van der Waals surface area contributed by atoms with Gasteiger partial charge in [0.25, 0.3) is 0 Å². The fourth-order valence-electron chi connectivity index (χ4n) is 3.26. The summed E-state index contributed by atoms with van der Waals surface area (Å²) in [6.45, 7) is 2.97. The van der Waals surface area contributed by atoms with Gasteiger partial charge in [0.2, 0.25) is 0 Å². The zero-order valence-electron chi connectivity index (χ0n) is 19.4. The van der Waals surface area contributed by atoms with E-state index in [2.05, 4.69) is 21.9 Å². The second kappa shape index (κ2) is 12.2. The van der Waals surface area contributed by atoms with Gasteiger partial charge in [0, 0.05) is 25.5 Å². The van der Waals surface area contributed by atoms with Gasteiger partial charge < -0.3 is 14.8 Å². The van der Waals surface area contributed by atoms with Crippen LogP contribution in [0.15, 0.2) is 71.9 Å². The van der Waals surface area contributed by atoms with Gasteiger partial charge in [-0.3, -0.25) is 4.98 Å². The van der Waals surface area contributed by atoms with E-state index in [-0.39, 0.29) is 22.8 Å². The normalized spacial score (nSPS) is 12.5. The maximum atomic E-state index is 13.6. The number of carbonyl (C=O) groups excluding carboxylic acids is 1. The van der Waals surface area contributed by atoms with E-state index in [1.165, 1.54) is 13.2 Å². The second-order valence-corrected chi connectivity index (χ2v) is 9.44. The molecular formula is C25H30N4O4S. The Balaban J connectivity index is 2.01. The van der Waals surface area contributed by atoms with Gasteiger partial charge in [-0.25, -0.2) is 18.5 Å². The number of anilines is 1. The highest BCUT2D eigenvalue weighted by Crippen LogP contribution is 2.38. The molecule has 0 saturated carbocycles. The minimum Gasteiger partial charge on any atom is -0.465 e. The molecule has 8 nitrogen and oxygen atoms in total. The molecule has 1 aromatic heterocycles. The predicted molar refractivity (Wildman–Crippen MR) is 133 cm³/mol. The number of rotatable bonds is 12. The number of aromatic nitrogens is 1. The molecule has 3 rings (SSSR count). The van der Waals surface area contributed by atoms with Crippen LogP contribution in [0.25, 0.3) is 0 Å². The van der Waals surface area contributed by atoms with Crippen LogP contribution in [0.1, 0.15) is 35.7 Å². The number of carbonyl (C=O) groups is 1. The molecule has 3 N–H and O–H groups in total. The Kier molecular flexibility index (Phi) is 9.00. The monoisotopic (exact) mass is 482 g/mol. The van der Waals surface area contributed by atoms with Gasteiger partial charge in [-0.2, -0.15) is 0 Å². The first kappa shape index (κ1) is 25.2. The number of hydrogen-bond donors (Lipinski definition) is 3. The quantitative estimate of drug-likeness (QED) is 0.247.